The van der Waals surface area contributed by atoms with Crippen LogP contribution in [0.5, 0.6) is 5.88 Å². The van der Waals surface area contributed by atoms with Crippen LogP contribution in [0.25, 0.3) is 33.4 Å². The molecular formula is C30H25F2N6O2+. The summed E-state index contributed by atoms with van der Waals surface area (Å²) in [5, 5.41) is 3.63. The summed E-state index contributed by atoms with van der Waals surface area (Å²) in [6, 6.07) is 13.1. The van der Waals surface area contributed by atoms with E-state index in [0.717, 1.165) is 17.2 Å². The van der Waals surface area contributed by atoms with Crippen LogP contribution in [-0.2, 0) is 4.74 Å². The van der Waals surface area contributed by atoms with Gasteiger partial charge in [-0.3, -0.25) is 4.98 Å². The van der Waals surface area contributed by atoms with E-state index < -0.39 is 11.6 Å². The number of hydrogen-bond donors (Lipinski definition) is 1. The fraction of sp³-hybridized carbons (Fsp3) is 0.167. The molecule has 0 aliphatic carbocycles. The van der Waals surface area contributed by atoms with Gasteiger partial charge in [0.1, 0.15) is 31.0 Å². The lowest BCUT2D eigenvalue weighted by atomic mass is 10.0. The van der Waals surface area contributed by atoms with Gasteiger partial charge in [-0.2, -0.15) is 0 Å². The van der Waals surface area contributed by atoms with Gasteiger partial charge in [-0.05, 0) is 30.1 Å². The molecule has 40 heavy (non-hydrogen) atoms. The molecule has 0 atom stereocenters. The highest BCUT2D eigenvalue weighted by Gasteiger charge is 2.22. The third-order valence-electron chi connectivity index (χ3n) is 6.74. The first-order valence-electron chi connectivity index (χ1n) is 12.7. The Bertz CT molecular complexity index is 1740. The van der Waals surface area contributed by atoms with Crippen molar-refractivity contribution in [3.05, 3.63) is 84.3 Å². The Hall–Kier alpha value is -4.83. The zero-order chi connectivity index (χ0) is 27.6. The molecule has 5 aromatic rings. The molecular weight excluding hydrogens is 514 g/mol. The number of methoxy groups -OCH3 is 1. The van der Waals surface area contributed by atoms with Crippen LogP contribution in [0.4, 0.5) is 26.0 Å². The SMILES string of the molecule is COc1ccc(-c2cnc([N+]3=CCOCC3)cc2Nc2c(C)c(-c3ccccn3)nc3cc(F)cc(F)c23)cn1. The molecule has 1 N–H and O–H groups in total. The Kier molecular flexibility index (Phi) is 6.83. The van der Waals surface area contributed by atoms with Gasteiger partial charge in [-0.25, -0.2) is 23.3 Å². The standard InChI is InChI=1S/C30H25F2N6O2/c1-18-29(23-5-3-4-8-33-23)37-25-14-20(31)13-22(32)28(25)30(18)36-24-15-26(38-9-11-40-12-10-38)34-17-21(24)19-6-7-27(39-2)35-16-19/h3-9,13-17H,10-12H2,1-2H3,(H,34,36,37)/q+1. The number of nitrogens with zero attached hydrogens (tertiary/aromatic N) is 5. The van der Waals surface area contributed by atoms with E-state index in [1.807, 2.05) is 42.0 Å². The Labute approximate surface area is 229 Å². The van der Waals surface area contributed by atoms with E-state index in [0.29, 0.717) is 59.8 Å². The predicted molar refractivity (Wildman–Crippen MR) is 149 cm³/mol. The normalized spacial score (nSPS) is 13.2. The minimum absolute atomic E-state index is 0.175. The summed E-state index contributed by atoms with van der Waals surface area (Å²) in [6.45, 7) is 3.54. The van der Waals surface area contributed by atoms with Crippen LogP contribution >= 0.6 is 0 Å². The molecule has 0 amide bonds. The second kappa shape index (κ2) is 10.7. The van der Waals surface area contributed by atoms with E-state index in [4.69, 9.17) is 14.5 Å². The third-order valence-corrected chi connectivity index (χ3v) is 6.74. The number of nitrogens with one attached hydrogen (secondary N) is 1. The lowest BCUT2D eigenvalue weighted by Gasteiger charge is -2.19. The second-order valence-electron chi connectivity index (χ2n) is 9.21. The van der Waals surface area contributed by atoms with Gasteiger partial charge in [-0.15, -0.1) is 0 Å². The molecule has 0 unspecified atom stereocenters. The average molecular weight is 540 g/mol. The highest BCUT2D eigenvalue weighted by Crippen LogP contribution is 2.39. The molecule has 0 saturated heterocycles. The molecule has 200 valence electrons. The minimum Gasteiger partial charge on any atom is -0.481 e. The molecule has 0 radical (unpaired) electrons. The van der Waals surface area contributed by atoms with Crippen LogP contribution in [0.2, 0.25) is 0 Å². The van der Waals surface area contributed by atoms with Crippen molar-refractivity contribution in [3.8, 4) is 28.4 Å². The van der Waals surface area contributed by atoms with Crippen LogP contribution in [0.15, 0.2) is 67.1 Å². The molecule has 1 aliphatic rings. The molecule has 10 heteroatoms. The largest absolute Gasteiger partial charge is 0.481 e. The first kappa shape index (κ1) is 25.4. The quantitative estimate of drug-likeness (QED) is 0.272. The summed E-state index contributed by atoms with van der Waals surface area (Å²) >= 11 is 0. The van der Waals surface area contributed by atoms with Gasteiger partial charge in [0.2, 0.25) is 5.88 Å². The topological polar surface area (TPSA) is 85.1 Å². The Balaban J connectivity index is 1.57. The molecule has 1 aromatic carbocycles. The second-order valence-corrected chi connectivity index (χ2v) is 9.21. The van der Waals surface area contributed by atoms with Crippen LogP contribution < -0.4 is 10.1 Å². The fourth-order valence-electron chi connectivity index (χ4n) is 4.73. The van der Waals surface area contributed by atoms with E-state index >= 15 is 4.39 Å². The van der Waals surface area contributed by atoms with Crippen LogP contribution in [-0.4, -0.2) is 57.6 Å². The molecule has 6 rings (SSSR count). The maximum atomic E-state index is 15.4. The average Bonchev–Trinajstić information content (AvgIpc) is 2.99. The molecule has 1 aliphatic heterocycles. The first-order valence-corrected chi connectivity index (χ1v) is 12.7. The first-order chi connectivity index (χ1) is 19.5. The monoisotopic (exact) mass is 539 g/mol. The zero-order valence-corrected chi connectivity index (χ0v) is 21.9. The van der Waals surface area contributed by atoms with Crippen molar-refractivity contribution >= 4 is 34.3 Å². The molecule has 0 spiro atoms. The lowest BCUT2D eigenvalue weighted by Crippen LogP contribution is -2.23. The Morgan fingerprint density at radius 2 is 1.93 bits per heavy atom. The highest BCUT2D eigenvalue weighted by atomic mass is 19.1. The Morgan fingerprint density at radius 1 is 1.02 bits per heavy atom. The third kappa shape index (κ3) is 4.85. The van der Waals surface area contributed by atoms with Crippen LogP contribution in [0.3, 0.4) is 0 Å². The molecule has 4 aromatic heterocycles. The molecule has 0 bridgehead atoms. The number of halogens is 2. The maximum absolute atomic E-state index is 15.4. The molecule has 0 fully saturated rings. The van der Waals surface area contributed by atoms with E-state index in [1.165, 1.54) is 6.07 Å². The van der Waals surface area contributed by atoms with Gasteiger partial charge in [0.05, 0.1) is 65.2 Å². The molecule has 0 saturated carbocycles. The van der Waals surface area contributed by atoms with Crippen molar-refractivity contribution in [2.45, 2.75) is 6.92 Å². The van der Waals surface area contributed by atoms with E-state index in [9.17, 15) is 4.39 Å². The van der Waals surface area contributed by atoms with Crippen LogP contribution in [0, 0.1) is 18.6 Å². The summed E-state index contributed by atoms with van der Waals surface area (Å²) in [6.07, 6.45) is 7.02. The summed E-state index contributed by atoms with van der Waals surface area (Å²) in [5.41, 5.74) is 4.56. The van der Waals surface area contributed by atoms with Crippen LogP contribution in [0.1, 0.15) is 5.56 Å². The number of benzene rings is 1. The molecule has 8 nitrogen and oxygen atoms in total. The van der Waals surface area contributed by atoms with Gasteiger partial charge < -0.3 is 14.8 Å². The maximum Gasteiger partial charge on any atom is 0.324 e. The van der Waals surface area contributed by atoms with Crippen molar-refractivity contribution in [1.82, 2.24) is 19.9 Å². The number of ether oxygens (including phenoxy) is 2. The van der Waals surface area contributed by atoms with Gasteiger partial charge in [0.25, 0.3) is 0 Å². The smallest absolute Gasteiger partial charge is 0.324 e. The Morgan fingerprint density at radius 3 is 2.65 bits per heavy atom. The van der Waals surface area contributed by atoms with Crippen molar-refractivity contribution in [3.63, 3.8) is 0 Å². The van der Waals surface area contributed by atoms with Gasteiger partial charge in [0, 0.05) is 41.7 Å². The van der Waals surface area contributed by atoms with Crippen molar-refractivity contribution in [2.75, 3.05) is 32.2 Å². The highest BCUT2D eigenvalue weighted by molar-refractivity contribution is 5.99. The van der Waals surface area contributed by atoms with Crippen molar-refractivity contribution in [1.29, 1.82) is 0 Å². The van der Waals surface area contributed by atoms with E-state index in [2.05, 4.69) is 20.3 Å². The fourth-order valence-corrected chi connectivity index (χ4v) is 4.73. The predicted octanol–water partition coefficient (Wildman–Crippen LogP) is 5.84. The number of fused-ring (bicyclic) bond motifs is 1. The number of hydrogen-bond acceptors (Lipinski definition) is 7. The zero-order valence-electron chi connectivity index (χ0n) is 21.9. The van der Waals surface area contributed by atoms with E-state index in [-0.39, 0.29) is 10.9 Å². The van der Waals surface area contributed by atoms with E-state index in [1.54, 1.807) is 37.8 Å². The van der Waals surface area contributed by atoms with Crippen molar-refractivity contribution in [2.24, 2.45) is 0 Å². The number of anilines is 2. The number of pyridine rings is 4. The van der Waals surface area contributed by atoms with Gasteiger partial charge >= 0.3 is 5.82 Å². The summed E-state index contributed by atoms with van der Waals surface area (Å²) in [5.74, 6) is -0.253. The summed E-state index contributed by atoms with van der Waals surface area (Å²) in [7, 11) is 1.55. The molecule has 5 heterocycles. The minimum atomic E-state index is -0.718. The number of aromatic nitrogens is 4. The summed E-state index contributed by atoms with van der Waals surface area (Å²) in [4.78, 5) is 18.1. The lowest BCUT2D eigenvalue weighted by molar-refractivity contribution is -0.454. The number of rotatable bonds is 6. The van der Waals surface area contributed by atoms with Crippen molar-refractivity contribution < 1.29 is 22.8 Å². The van der Waals surface area contributed by atoms with Gasteiger partial charge in [-0.1, -0.05) is 6.07 Å². The van der Waals surface area contributed by atoms with Gasteiger partial charge in [0.15, 0.2) is 0 Å². The summed E-state index contributed by atoms with van der Waals surface area (Å²) < 4.78 is 42.4.